The molecule has 0 aliphatic carbocycles. The fourth-order valence-corrected chi connectivity index (χ4v) is 5.30. The van der Waals surface area contributed by atoms with Gasteiger partial charge in [-0.1, -0.05) is 81.4 Å². The SMILES string of the molecule is C=CC(C)(C)c1cc(C(c2cc(C(C)(C)C=C)c(O)c(C(C)(C)CC)c2)(C(F)(F)F)C(F)(F)F)cc(C(C)(C)CC)c1O. The zero-order valence-corrected chi connectivity index (χ0v) is 27.0. The van der Waals surface area contributed by atoms with Crippen molar-refractivity contribution in [2.45, 2.75) is 122 Å². The Morgan fingerprint density at radius 1 is 0.558 bits per heavy atom. The van der Waals surface area contributed by atoms with E-state index in [4.69, 9.17) is 0 Å². The largest absolute Gasteiger partial charge is 0.507 e. The van der Waals surface area contributed by atoms with Crippen molar-refractivity contribution < 1.29 is 36.6 Å². The smallest absolute Gasteiger partial charge is 0.411 e. The number of aromatic hydroxyl groups is 2. The molecular formula is C35H46F6O2. The van der Waals surface area contributed by atoms with Crippen molar-refractivity contribution in [3.05, 3.63) is 83.0 Å². The summed E-state index contributed by atoms with van der Waals surface area (Å²) in [6.45, 7) is 23.8. The van der Waals surface area contributed by atoms with E-state index in [0.717, 1.165) is 24.3 Å². The number of rotatable bonds is 10. The van der Waals surface area contributed by atoms with Crippen molar-refractivity contribution in [3.63, 3.8) is 0 Å². The standard InChI is InChI=1S/C35H46F6O2/c1-13-29(5,6)23-17-21(18-24(27(23)42)30(7,8)14-2)33(34(36,37)38,35(39,40)41)22-19-25(31(9,10)15-3)28(43)26(20-22)32(11,12)16-4/h13,15,17-20,42-43H,1,3,14,16H2,2,4-12H3. The summed E-state index contributed by atoms with van der Waals surface area (Å²) in [5.41, 5.74) is -11.2. The van der Waals surface area contributed by atoms with Gasteiger partial charge in [0.25, 0.3) is 0 Å². The molecule has 2 N–H and O–H groups in total. The Morgan fingerprint density at radius 3 is 1.02 bits per heavy atom. The quantitative estimate of drug-likeness (QED) is 0.207. The average Bonchev–Trinajstić information content (AvgIpc) is 2.88. The maximum Gasteiger partial charge on any atom is 0.411 e. The van der Waals surface area contributed by atoms with E-state index in [1.807, 2.05) is 0 Å². The third kappa shape index (κ3) is 5.95. The zero-order chi connectivity index (χ0) is 33.8. The summed E-state index contributed by atoms with van der Waals surface area (Å²) in [5.74, 6) is -0.739. The van der Waals surface area contributed by atoms with Gasteiger partial charge < -0.3 is 10.2 Å². The molecule has 0 atom stereocenters. The molecule has 0 spiro atoms. The van der Waals surface area contributed by atoms with Crippen LogP contribution in [0.3, 0.4) is 0 Å². The first-order valence-corrected chi connectivity index (χ1v) is 14.4. The van der Waals surface area contributed by atoms with E-state index in [-0.39, 0.29) is 33.8 Å². The van der Waals surface area contributed by atoms with E-state index in [1.54, 1.807) is 69.2 Å². The van der Waals surface area contributed by atoms with Crippen LogP contribution in [-0.4, -0.2) is 22.6 Å². The van der Waals surface area contributed by atoms with Gasteiger partial charge in [0.1, 0.15) is 11.5 Å². The molecule has 240 valence electrons. The first-order chi connectivity index (χ1) is 19.2. The second-order valence-corrected chi connectivity index (χ2v) is 13.9. The molecule has 8 heteroatoms. The Kier molecular flexibility index (Phi) is 9.48. The lowest BCUT2D eigenvalue weighted by atomic mass is 9.66. The lowest BCUT2D eigenvalue weighted by Crippen LogP contribution is -2.55. The number of hydrogen-bond acceptors (Lipinski definition) is 2. The minimum absolute atomic E-state index is 0.0326. The van der Waals surface area contributed by atoms with Crippen LogP contribution in [0.5, 0.6) is 11.5 Å². The van der Waals surface area contributed by atoms with Gasteiger partial charge in [-0.3, -0.25) is 0 Å². The Bertz CT molecular complexity index is 1270. The molecule has 2 aromatic rings. The van der Waals surface area contributed by atoms with Gasteiger partial charge in [0.2, 0.25) is 5.41 Å². The van der Waals surface area contributed by atoms with Crippen LogP contribution in [0.25, 0.3) is 0 Å². The number of hydrogen-bond donors (Lipinski definition) is 2. The number of phenols is 2. The van der Waals surface area contributed by atoms with Gasteiger partial charge in [0.15, 0.2) is 0 Å². The molecule has 0 aliphatic heterocycles. The Hall–Kier alpha value is -2.90. The van der Waals surface area contributed by atoms with Crippen LogP contribution < -0.4 is 0 Å². The van der Waals surface area contributed by atoms with E-state index in [9.17, 15) is 10.2 Å². The molecule has 0 amide bonds. The fourth-order valence-electron chi connectivity index (χ4n) is 5.30. The second-order valence-electron chi connectivity index (χ2n) is 13.9. The Labute approximate surface area is 252 Å². The topological polar surface area (TPSA) is 40.5 Å². The summed E-state index contributed by atoms with van der Waals surface area (Å²) in [6, 6.07) is 3.31. The summed E-state index contributed by atoms with van der Waals surface area (Å²) >= 11 is 0. The van der Waals surface area contributed by atoms with Crippen molar-refractivity contribution in [1.82, 2.24) is 0 Å². The van der Waals surface area contributed by atoms with E-state index < -0.39 is 50.6 Å². The predicted octanol–water partition coefficient (Wildman–Crippen LogP) is 10.8. The molecule has 2 aromatic carbocycles. The molecule has 0 aliphatic rings. The second kappa shape index (κ2) is 11.2. The number of phenolic OH excluding ortho intramolecular Hbond substituents is 2. The predicted molar refractivity (Wildman–Crippen MR) is 162 cm³/mol. The fraction of sp³-hybridized carbons (Fsp3) is 0.543. The number of halogens is 6. The normalized spacial score (nSPS) is 14.1. The van der Waals surface area contributed by atoms with Crippen molar-refractivity contribution in [2.24, 2.45) is 0 Å². The molecule has 2 rings (SSSR count). The van der Waals surface area contributed by atoms with Crippen LogP contribution in [0.4, 0.5) is 26.3 Å². The number of alkyl halides is 6. The van der Waals surface area contributed by atoms with E-state index in [2.05, 4.69) is 13.2 Å². The highest BCUT2D eigenvalue weighted by atomic mass is 19.4. The molecule has 0 radical (unpaired) electrons. The molecule has 43 heavy (non-hydrogen) atoms. The third-order valence-electron chi connectivity index (χ3n) is 9.57. The van der Waals surface area contributed by atoms with Gasteiger partial charge in [-0.05, 0) is 59.1 Å². The van der Waals surface area contributed by atoms with Gasteiger partial charge in [-0.25, -0.2) is 0 Å². The molecule has 0 saturated carbocycles. The molecule has 0 unspecified atom stereocenters. The maximum atomic E-state index is 15.6. The van der Waals surface area contributed by atoms with Gasteiger partial charge in [-0.15, -0.1) is 13.2 Å². The van der Waals surface area contributed by atoms with Crippen LogP contribution in [0.2, 0.25) is 0 Å². The molecule has 0 saturated heterocycles. The molecule has 0 bridgehead atoms. The first kappa shape index (κ1) is 36.3. The van der Waals surface area contributed by atoms with Crippen LogP contribution >= 0.6 is 0 Å². The van der Waals surface area contributed by atoms with Gasteiger partial charge in [0.05, 0.1) is 0 Å². The van der Waals surface area contributed by atoms with Crippen LogP contribution in [0, 0.1) is 0 Å². The van der Waals surface area contributed by atoms with E-state index in [1.165, 1.54) is 12.2 Å². The highest BCUT2D eigenvalue weighted by molar-refractivity contribution is 5.60. The summed E-state index contributed by atoms with van der Waals surface area (Å²) in [7, 11) is 0. The van der Waals surface area contributed by atoms with Gasteiger partial charge in [-0.2, -0.15) is 26.3 Å². The van der Waals surface area contributed by atoms with Crippen LogP contribution in [0.1, 0.15) is 115 Å². The van der Waals surface area contributed by atoms with Crippen molar-refractivity contribution >= 4 is 0 Å². The summed E-state index contributed by atoms with van der Waals surface area (Å²) in [5, 5.41) is 22.7. The summed E-state index contributed by atoms with van der Waals surface area (Å²) in [6.07, 6.45) is -8.35. The van der Waals surface area contributed by atoms with E-state index >= 15 is 26.3 Å². The molecule has 0 fully saturated rings. The lowest BCUT2D eigenvalue weighted by Gasteiger charge is -2.42. The van der Waals surface area contributed by atoms with Crippen LogP contribution in [0.15, 0.2) is 49.6 Å². The Balaban J connectivity index is 3.47. The number of allylic oxidation sites excluding steroid dienone is 2. The molecule has 0 aromatic heterocycles. The van der Waals surface area contributed by atoms with Crippen molar-refractivity contribution in [1.29, 1.82) is 0 Å². The monoisotopic (exact) mass is 612 g/mol. The summed E-state index contributed by atoms with van der Waals surface area (Å²) < 4.78 is 93.6. The van der Waals surface area contributed by atoms with Crippen LogP contribution in [-0.2, 0) is 27.1 Å². The first-order valence-electron chi connectivity index (χ1n) is 14.4. The zero-order valence-electron chi connectivity index (χ0n) is 27.0. The average molecular weight is 613 g/mol. The number of benzene rings is 2. The van der Waals surface area contributed by atoms with Crippen molar-refractivity contribution in [2.75, 3.05) is 0 Å². The van der Waals surface area contributed by atoms with E-state index in [0.29, 0.717) is 12.8 Å². The highest BCUT2D eigenvalue weighted by Crippen LogP contribution is 2.59. The lowest BCUT2D eigenvalue weighted by molar-refractivity contribution is -0.288. The Morgan fingerprint density at radius 2 is 0.814 bits per heavy atom. The third-order valence-corrected chi connectivity index (χ3v) is 9.57. The minimum atomic E-state index is -5.88. The molecule has 0 heterocycles. The minimum Gasteiger partial charge on any atom is -0.507 e. The maximum absolute atomic E-state index is 15.6. The van der Waals surface area contributed by atoms with Gasteiger partial charge in [0, 0.05) is 33.1 Å². The molecular weight excluding hydrogens is 566 g/mol. The summed E-state index contributed by atoms with van der Waals surface area (Å²) in [4.78, 5) is 0. The van der Waals surface area contributed by atoms with Gasteiger partial charge >= 0.3 is 12.4 Å². The highest BCUT2D eigenvalue weighted by Gasteiger charge is 2.73. The molecule has 2 nitrogen and oxygen atoms in total. The van der Waals surface area contributed by atoms with Crippen molar-refractivity contribution in [3.8, 4) is 11.5 Å².